The van der Waals surface area contributed by atoms with Crippen molar-refractivity contribution < 1.29 is 24.4 Å². The van der Waals surface area contributed by atoms with Crippen LogP contribution in [-0.2, 0) is 9.47 Å². The van der Waals surface area contributed by atoms with Gasteiger partial charge in [-0.25, -0.2) is 0 Å². The van der Waals surface area contributed by atoms with Gasteiger partial charge in [0.25, 0.3) is 0 Å². The predicted octanol–water partition coefficient (Wildman–Crippen LogP) is 2.61. The average Bonchev–Trinajstić information content (AvgIpc) is 2.56. The van der Waals surface area contributed by atoms with Crippen molar-refractivity contribution >= 4 is 0 Å². The Morgan fingerprint density at radius 3 is 2.41 bits per heavy atom. The molecule has 1 aromatic carbocycles. The molecule has 116 valence electrons. The highest BCUT2D eigenvalue weighted by Crippen LogP contribution is 2.39. The fourth-order valence-electron chi connectivity index (χ4n) is 2.67. The van der Waals surface area contributed by atoms with Crippen LogP contribution < -0.4 is 4.74 Å². The van der Waals surface area contributed by atoms with Crippen molar-refractivity contribution in [3.63, 3.8) is 0 Å². The minimum absolute atomic E-state index is 0.174. The molecule has 0 fully saturated rings. The van der Waals surface area contributed by atoms with Crippen LogP contribution in [0.3, 0.4) is 0 Å². The third-order valence-corrected chi connectivity index (χ3v) is 3.85. The van der Waals surface area contributed by atoms with Gasteiger partial charge in [0.05, 0.1) is 20.1 Å². The zero-order valence-electron chi connectivity index (χ0n) is 12.4. The van der Waals surface area contributed by atoms with Gasteiger partial charge < -0.3 is 24.4 Å². The maximum Gasteiger partial charge on any atom is 0.164 e. The van der Waals surface area contributed by atoms with Crippen LogP contribution >= 0.6 is 0 Å². The average molecular weight is 302 g/mol. The zero-order chi connectivity index (χ0) is 15.7. The molecule has 2 aliphatic rings. The molecule has 0 amide bonds. The van der Waals surface area contributed by atoms with E-state index in [1.54, 1.807) is 7.11 Å². The molecule has 22 heavy (non-hydrogen) atoms. The quantitative estimate of drug-likeness (QED) is 0.840. The van der Waals surface area contributed by atoms with Gasteiger partial charge in [0.15, 0.2) is 11.5 Å². The van der Waals surface area contributed by atoms with E-state index in [1.807, 2.05) is 36.4 Å². The predicted molar refractivity (Wildman–Crippen MR) is 80.2 cm³/mol. The summed E-state index contributed by atoms with van der Waals surface area (Å²) in [5, 5.41) is 19.7. The summed E-state index contributed by atoms with van der Waals surface area (Å²) < 4.78 is 16.3. The molecule has 0 spiro atoms. The van der Waals surface area contributed by atoms with Gasteiger partial charge in [-0.15, -0.1) is 0 Å². The molecule has 3 atom stereocenters. The lowest BCUT2D eigenvalue weighted by Gasteiger charge is -2.32. The lowest BCUT2D eigenvalue weighted by molar-refractivity contribution is 0.0837. The van der Waals surface area contributed by atoms with Gasteiger partial charge in [0, 0.05) is 0 Å². The zero-order valence-corrected chi connectivity index (χ0v) is 12.4. The topological polar surface area (TPSA) is 68.2 Å². The molecule has 2 N–H and O–H groups in total. The Morgan fingerprint density at radius 1 is 1.05 bits per heavy atom. The van der Waals surface area contributed by atoms with Gasteiger partial charge in [0.2, 0.25) is 0 Å². The second kappa shape index (κ2) is 5.77. The highest BCUT2D eigenvalue weighted by Gasteiger charge is 2.34. The molecule has 3 rings (SSSR count). The Morgan fingerprint density at radius 2 is 1.77 bits per heavy atom. The van der Waals surface area contributed by atoms with Crippen molar-refractivity contribution in [1.29, 1.82) is 0 Å². The van der Waals surface area contributed by atoms with Crippen LogP contribution in [0, 0.1) is 5.92 Å². The second-order valence-electron chi connectivity index (χ2n) is 5.14. The Labute approximate surface area is 128 Å². The molecule has 1 aliphatic heterocycles. The Hall–Kier alpha value is -2.40. The number of methoxy groups -OCH3 is 2. The van der Waals surface area contributed by atoms with E-state index in [9.17, 15) is 10.2 Å². The number of fused-ring (bicyclic) bond motifs is 1. The van der Waals surface area contributed by atoms with E-state index in [2.05, 4.69) is 0 Å². The number of aliphatic hydroxyl groups excluding tert-OH is 2. The monoisotopic (exact) mass is 302 g/mol. The normalized spacial score (nSPS) is 26.9. The highest BCUT2D eigenvalue weighted by molar-refractivity contribution is 5.37. The number of rotatable bonds is 3. The first-order chi connectivity index (χ1) is 10.6. The van der Waals surface area contributed by atoms with Crippen molar-refractivity contribution in [2.75, 3.05) is 14.2 Å². The summed E-state index contributed by atoms with van der Waals surface area (Å²) in [7, 11) is 3.08. The second-order valence-corrected chi connectivity index (χ2v) is 5.14. The summed E-state index contributed by atoms with van der Waals surface area (Å²) in [6, 6.07) is 7.60. The van der Waals surface area contributed by atoms with E-state index in [0.717, 1.165) is 11.3 Å². The van der Waals surface area contributed by atoms with E-state index >= 15 is 0 Å². The number of ether oxygens (including phenoxy) is 3. The molecule has 0 radical (unpaired) electrons. The van der Waals surface area contributed by atoms with Crippen molar-refractivity contribution in [1.82, 2.24) is 0 Å². The van der Waals surface area contributed by atoms with Gasteiger partial charge >= 0.3 is 0 Å². The van der Waals surface area contributed by atoms with Gasteiger partial charge in [-0.3, -0.25) is 0 Å². The van der Waals surface area contributed by atoms with E-state index in [-0.39, 0.29) is 17.8 Å². The molecule has 1 heterocycles. The van der Waals surface area contributed by atoms with Crippen LogP contribution in [0.15, 0.2) is 59.8 Å². The first kappa shape index (κ1) is 14.5. The van der Waals surface area contributed by atoms with Crippen molar-refractivity contribution in [3.05, 3.63) is 65.3 Å². The molecule has 0 saturated heterocycles. The van der Waals surface area contributed by atoms with E-state index in [1.165, 1.54) is 13.2 Å². The van der Waals surface area contributed by atoms with Gasteiger partial charge in [0.1, 0.15) is 23.7 Å². The number of hydrogen-bond donors (Lipinski definition) is 2. The third kappa shape index (κ3) is 2.44. The van der Waals surface area contributed by atoms with E-state index in [4.69, 9.17) is 14.2 Å². The molecule has 0 saturated carbocycles. The number of hydrogen-bond acceptors (Lipinski definition) is 5. The number of aliphatic hydroxyl groups is 2. The molecule has 1 aliphatic carbocycles. The van der Waals surface area contributed by atoms with Gasteiger partial charge in [-0.1, -0.05) is 18.2 Å². The molecule has 0 aromatic heterocycles. The molecular weight excluding hydrogens is 284 g/mol. The number of benzene rings is 1. The van der Waals surface area contributed by atoms with E-state index < -0.39 is 6.10 Å². The lowest BCUT2D eigenvalue weighted by atomic mass is 9.91. The maximum atomic E-state index is 9.87. The fraction of sp³-hybridized carbons (Fsp3) is 0.294. The molecule has 3 unspecified atom stereocenters. The summed E-state index contributed by atoms with van der Waals surface area (Å²) in [6.45, 7) is 0. The largest absolute Gasteiger partial charge is 0.506 e. The van der Waals surface area contributed by atoms with Crippen LogP contribution in [0.2, 0.25) is 0 Å². The first-order valence-electron chi connectivity index (χ1n) is 6.99. The fourth-order valence-corrected chi connectivity index (χ4v) is 2.67. The molecule has 1 aromatic rings. The molecule has 5 nitrogen and oxygen atoms in total. The summed E-state index contributed by atoms with van der Waals surface area (Å²) in [5.41, 5.74) is 0.976. The molecule has 5 heteroatoms. The van der Waals surface area contributed by atoms with Crippen molar-refractivity contribution in [3.8, 4) is 5.75 Å². The standard InChI is InChI=1S/C17H18O5/c1-20-11-5-3-10(4-6-11)14-8-7-12-15(22-14)9-13(18)16(19)17(12)21-2/h3-9,12-14,18-19H,1-2H3. The summed E-state index contributed by atoms with van der Waals surface area (Å²) in [6.07, 6.45) is 3.96. The van der Waals surface area contributed by atoms with Crippen LogP contribution in [-0.4, -0.2) is 30.5 Å². The van der Waals surface area contributed by atoms with Gasteiger partial charge in [-0.2, -0.15) is 0 Å². The van der Waals surface area contributed by atoms with Crippen LogP contribution in [0.5, 0.6) is 5.75 Å². The van der Waals surface area contributed by atoms with Crippen LogP contribution in [0.4, 0.5) is 0 Å². The minimum atomic E-state index is -1.11. The molecule has 0 bridgehead atoms. The van der Waals surface area contributed by atoms with E-state index in [0.29, 0.717) is 11.5 Å². The SMILES string of the molecule is COC1=C(O)C(O)C=C2OC(c3ccc(OC)cc3)C=CC21. The maximum absolute atomic E-state index is 9.87. The highest BCUT2D eigenvalue weighted by atomic mass is 16.5. The van der Waals surface area contributed by atoms with Crippen molar-refractivity contribution in [2.24, 2.45) is 5.92 Å². The Balaban J connectivity index is 1.88. The van der Waals surface area contributed by atoms with Crippen LogP contribution in [0.25, 0.3) is 0 Å². The lowest BCUT2D eigenvalue weighted by Crippen LogP contribution is -2.26. The van der Waals surface area contributed by atoms with Gasteiger partial charge in [-0.05, 0) is 29.8 Å². The Bertz CT molecular complexity index is 642. The summed E-state index contributed by atoms with van der Waals surface area (Å²) in [5.74, 6) is 1.19. The smallest absolute Gasteiger partial charge is 0.164 e. The summed E-state index contributed by atoms with van der Waals surface area (Å²) >= 11 is 0. The Kier molecular flexibility index (Phi) is 3.81. The molecular formula is C17H18O5. The summed E-state index contributed by atoms with van der Waals surface area (Å²) in [4.78, 5) is 0. The van der Waals surface area contributed by atoms with Crippen LogP contribution in [0.1, 0.15) is 11.7 Å². The third-order valence-electron chi connectivity index (χ3n) is 3.85. The van der Waals surface area contributed by atoms with Crippen molar-refractivity contribution in [2.45, 2.75) is 12.2 Å². The first-order valence-corrected chi connectivity index (χ1v) is 6.99. The minimum Gasteiger partial charge on any atom is -0.506 e.